The predicted molar refractivity (Wildman–Crippen MR) is 50.1 cm³/mol. The van der Waals surface area contributed by atoms with Crippen LogP contribution in [0.2, 0.25) is 0 Å². The Hall–Kier alpha value is -1.37. The van der Waals surface area contributed by atoms with Gasteiger partial charge < -0.3 is 10.3 Å². The molecule has 0 aromatic carbocycles. The van der Waals surface area contributed by atoms with E-state index in [0.29, 0.717) is 5.82 Å². The average molecular weight is 217 g/mol. The number of nitrogens with zero attached hydrogens (tertiary/aromatic N) is 1. The van der Waals surface area contributed by atoms with Crippen molar-refractivity contribution in [3.05, 3.63) is 18.2 Å². The number of H-pyrrole nitrogens is 1. The molecule has 0 aliphatic heterocycles. The monoisotopic (exact) mass is 217 g/mol. The molecular weight excluding hydrogens is 206 g/mol. The molecule has 0 saturated heterocycles. The molecule has 1 amide bonds. The summed E-state index contributed by atoms with van der Waals surface area (Å²) in [4.78, 5) is 17.7. The van der Waals surface area contributed by atoms with Crippen LogP contribution in [-0.2, 0) is 21.2 Å². The summed E-state index contributed by atoms with van der Waals surface area (Å²) < 4.78 is 21.4. The fourth-order valence-electron chi connectivity index (χ4n) is 0.866. The van der Waals surface area contributed by atoms with Crippen LogP contribution in [0.15, 0.2) is 12.4 Å². The minimum absolute atomic E-state index is 0.210. The van der Waals surface area contributed by atoms with Crippen LogP contribution in [0.25, 0.3) is 0 Å². The Morgan fingerprint density at radius 3 is 2.86 bits per heavy atom. The SMILES string of the molecule is CS(=O)(=O)CC(=O)NCc1ncc[nH]1. The zero-order valence-corrected chi connectivity index (χ0v) is 8.47. The van der Waals surface area contributed by atoms with E-state index in [4.69, 9.17) is 0 Å². The maximum absolute atomic E-state index is 11.0. The van der Waals surface area contributed by atoms with Crippen molar-refractivity contribution in [3.8, 4) is 0 Å². The summed E-state index contributed by atoms with van der Waals surface area (Å²) in [6.45, 7) is 0.210. The molecule has 0 atom stereocenters. The van der Waals surface area contributed by atoms with E-state index in [9.17, 15) is 13.2 Å². The number of aromatic amines is 1. The summed E-state index contributed by atoms with van der Waals surface area (Å²) in [6, 6.07) is 0. The molecule has 0 fully saturated rings. The highest BCUT2D eigenvalue weighted by Crippen LogP contribution is 1.88. The molecule has 1 rings (SSSR count). The van der Waals surface area contributed by atoms with Crippen LogP contribution in [0.3, 0.4) is 0 Å². The summed E-state index contributed by atoms with van der Waals surface area (Å²) in [5, 5.41) is 2.43. The number of aromatic nitrogens is 2. The molecule has 6 nitrogen and oxygen atoms in total. The number of amides is 1. The molecule has 0 unspecified atom stereocenters. The largest absolute Gasteiger partial charge is 0.348 e. The average Bonchev–Trinajstić information content (AvgIpc) is 2.49. The lowest BCUT2D eigenvalue weighted by molar-refractivity contribution is -0.118. The zero-order chi connectivity index (χ0) is 10.6. The third-order valence-electron chi connectivity index (χ3n) is 1.40. The molecule has 1 aromatic heterocycles. The van der Waals surface area contributed by atoms with E-state index in [0.717, 1.165) is 6.26 Å². The fraction of sp³-hybridized carbons (Fsp3) is 0.429. The van der Waals surface area contributed by atoms with Gasteiger partial charge in [0.2, 0.25) is 5.91 Å². The van der Waals surface area contributed by atoms with Crippen molar-refractivity contribution in [2.45, 2.75) is 6.54 Å². The highest BCUT2D eigenvalue weighted by atomic mass is 32.2. The number of rotatable bonds is 4. The second-order valence-corrected chi connectivity index (χ2v) is 5.02. The van der Waals surface area contributed by atoms with Crippen LogP contribution < -0.4 is 5.32 Å². The molecule has 7 heteroatoms. The highest BCUT2D eigenvalue weighted by molar-refractivity contribution is 7.91. The van der Waals surface area contributed by atoms with Crippen LogP contribution in [-0.4, -0.2) is 36.3 Å². The van der Waals surface area contributed by atoms with Crippen molar-refractivity contribution in [2.75, 3.05) is 12.0 Å². The van der Waals surface area contributed by atoms with Gasteiger partial charge >= 0.3 is 0 Å². The van der Waals surface area contributed by atoms with Gasteiger partial charge in [-0.25, -0.2) is 13.4 Å². The number of imidazole rings is 1. The first-order valence-corrected chi connectivity index (χ1v) is 5.96. The van der Waals surface area contributed by atoms with E-state index >= 15 is 0 Å². The van der Waals surface area contributed by atoms with Gasteiger partial charge in [0.05, 0.1) is 6.54 Å². The smallest absolute Gasteiger partial charge is 0.235 e. The van der Waals surface area contributed by atoms with Crippen molar-refractivity contribution in [1.82, 2.24) is 15.3 Å². The lowest BCUT2D eigenvalue weighted by atomic mass is 10.5. The van der Waals surface area contributed by atoms with Crippen molar-refractivity contribution >= 4 is 15.7 Å². The third kappa shape index (κ3) is 4.04. The van der Waals surface area contributed by atoms with Gasteiger partial charge in [0.15, 0.2) is 9.84 Å². The first-order chi connectivity index (χ1) is 6.47. The van der Waals surface area contributed by atoms with E-state index in [2.05, 4.69) is 15.3 Å². The minimum Gasteiger partial charge on any atom is -0.348 e. The van der Waals surface area contributed by atoms with E-state index in [1.54, 1.807) is 12.4 Å². The van der Waals surface area contributed by atoms with Crippen molar-refractivity contribution in [2.24, 2.45) is 0 Å². The fourth-order valence-corrected chi connectivity index (χ4v) is 1.44. The Kier molecular flexibility index (Phi) is 3.23. The number of sulfone groups is 1. The van der Waals surface area contributed by atoms with E-state index in [1.807, 2.05) is 0 Å². The van der Waals surface area contributed by atoms with Gasteiger partial charge in [0.1, 0.15) is 11.6 Å². The lowest BCUT2D eigenvalue weighted by Crippen LogP contribution is -2.29. The predicted octanol–water partition coefficient (Wildman–Crippen LogP) is -0.929. The van der Waals surface area contributed by atoms with Crippen molar-refractivity contribution in [1.29, 1.82) is 0 Å². The minimum atomic E-state index is -3.26. The number of hydrogen-bond donors (Lipinski definition) is 2. The number of hydrogen-bond acceptors (Lipinski definition) is 4. The molecule has 0 saturated carbocycles. The molecule has 2 N–H and O–H groups in total. The maximum Gasteiger partial charge on any atom is 0.235 e. The van der Waals surface area contributed by atoms with Crippen molar-refractivity contribution < 1.29 is 13.2 Å². The van der Waals surface area contributed by atoms with Gasteiger partial charge in [-0.3, -0.25) is 4.79 Å². The summed E-state index contributed by atoms with van der Waals surface area (Å²) >= 11 is 0. The first-order valence-electron chi connectivity index (χ1n) is 3.90. The normalized spacial score (nSPS) is 11.2. The molecule has 1 aromatic rings. The summed E-state index contributed by atoms with van der Waals surface area (Å²) in [5.41, 5.74) is 0. The Morgan fingerprint density at radius 2 is 2.36 bits per heavy atom. The van der Waals surface area contributed by atoms with E-state index in [-0.39, 0.29) is 6.54 Å². The van der Waals surface area contributed by atoms with Gasteiger partial charge in [-0.2, -0.15) is 0 Å². The van der Waals surface area contributed by atoms with E-state index in [1.165, 1.54) is 0 Å². The molecule has 0 spiro atoms. The van der Waals surface area contributed by atoms with Crippen LogP contribution >= 0.6 is 0 Å². The third-order valence-corrected chi connectivity index (χ3v) is 2.19. The highest BCUT2D eigenvalue weighted by Gasteiger charge is 2.10. The van der Waals surface area contributed by atoms with Crippen molar-refractivity contribution in [3.63, 3.8) is 0 Å². The molecule has 78 valence electrons. The lowest BCUT2D eigenvalue weighted by Gasteiger charge is -2.01. The molecule has 0 radical (unpaired) electrons. The van der Waals surface area contributed by atoms with E-state index < -0.39 is 21.5 Å². The molecule has 1 heterocycles. The number of nitrogens with one attached hydrogen (secondary N) is 2. The summed E-state index contributed by atoms with van der Waals surface area (Å²) in [5.74, 6) is -0.427. The van der Waals surface area contributed by atoms with Crippen LogP contribution in [0.5, 0.6) is 0 Å². The number of carbonyl (C=O) groups is 1. The topological polar surface area (TPSA) is 91.9 Å². The molecular formula is C7H11N3O3S. The van der Waals surface area contributed by atoms with Gasteiger partial charge in [-0.15, -0.1) is 0 Å². The maximum atomic E-state index is 11.0. The molecule has 0 aliphatic rings. The van der Waals surface area contributed by atoms with Crippen LogP contribution in [0.1, 0.15) is 5.82 Å². The molecule has 0 bridgehead atoms. The zero-order valence-electron chi connectivity index (χ0n) is 7.65. The quantitative estimate of drug-likeness (QED) is 0.681. The standard InChI is InChI=1S/C7H11N3O3S/c1-14(12,13)5-7(11)10-4-6-8-2-3-9-6/h2-3H,4-5H2,1H3,(H,8,9)(H,10,11). The second kappa shape index (κ2) is 4.23. The Bertz CT molecular complexity index is 396. The number of carbonyl (C=O) groups excluding carboxylic acids is 1. The Balaban J connectivity index is 2.36. The Morgan fingerprint density at radius 1 is 1.64 bits per heavy atom. The van der Waals surface area contributed by atoms with Gasteiger partial charge in [-0.1, -0.05) is 0 Å². The summed E-state index contributed by atoms with van der Waals surface area (Å²) in [7, 11) is -3.26. The van der Waals surface area contributed by atoms with Crippen LogP contribution in [0.4, 0.5) is 0 Å². The molecule has 0 aliphatic carbocycles. The second-order valence-electron chi connectivity index (χ2n) is 2.88. The summed E-state index contributed by atoms with van der Waals surface area (Å²) in [6.07, 6.45) is 4.19. The Labute approximate surface area is 81.7 Å². The van der Waals surface area contributed by atoms with Gasteiger partial charge in [0, 0.05) is 18.6 Å². The van der Waals surface area contributed by atoms with Crippen LogP contribution in [0, 0.1) is 0 Å². The molecule has 14 heavy (non-hydrogen) atoms. The first kappa shape index (κ1) is 10.7. The van der Waals surface area contributed by atoms with Gasteiger partial charge in [0.25, 0.3) is 0 Å². The van der Waals surface area contributed by atoms with Gasteiger partial charge in [-0.05, 0) is 0 Å².